The van der Waals surface area contributed by atoms with Gasteiger partial charge in [-0.25, -0.2) is 19.3 Å². The minimum Gasteiger partial charge on any atom is -0.461 e. The van der Waals surface area contributed by atoms with Crippen molar-refractivity contribution in [1.29, 1.82) is 0 Å². The quantitative estimate of drug-likeness (QED) is 0.543. The Labute approximate surface area is 157 Å². The topological polar surface area (TPSA) is 100 Å². The number of nitrogens with zero attached hydrogens (tertiary/aromatic N) is 3. The molecular formula is C19H23N3O5. The third-order valence-corrected chi connectivity index (χ3v) is 4.06. The molecule has 0 aromatic carbocycles. The lowest BCUT2D eigenvalue weighted by atomic mass is 10.1. The van der Waals surface area contributed by atoms with E-state index in [9.17, 15) is 14.4 Å². The summed E-state index contributed by atoms with van der Waals surface area (Å²) in [4.78, 5) is 41.3. The van der Waals surface area contributed by atoms with Crippen LogP contribution in [0.5, 0.6) is 0 Å². The van der Waals surface area contributed by atoms with Gasteiger partial charge in [0.05, 0.1) is 13.2 Å². The third kappa shape index (κ3) is 4.39. The van der Waals surface area contributed by atoms with Gasteiger partial charge in [0.1, 0.15) is 12.2 Å². The number of aryl methyl sites for hydroxylation is 2. The number of aromatic nitrogens is 3. The first kappa shape index (κ1) is 20.3. The van der Waals surface area contributed by atoms with Gasteiger partial charge in [0.25, 0.3) is 0 Å². The average Bonchev–Trinajstić information content (AvgIpc) is 2.94. The van der Waals surface area contributed by atoms with Gasteiger partial charge in [0.2, 0.25) is 5.78 Å². The Morgan fingerprint density at radius 3 is 2.22 bits per heavy atom. The zero-order valence-corrected chi connectivity index (χ0v) is 16.2. The molecule has 0 saturated heterocycles. The van der Waals surface area contributed by atoms with Crippen LogP contribution in [0, 0.1) is 20.8 Å². The van der Waals surface area contributed by atoms with Gasteiger partial charge < -0.3 is 9.47 Å². The largest absolute Gasteiger partial charge is 0.461 e. The Morgan fingerprint density at radius 2 is 1.63 bits per heavy atom. The summed E-state index contributed by atoms with van der Waals surface area (Å²) in [5, 5.41) is 4.13. The SMILES string of the molecule is CCOC(=O)c1nn(CC(=O)c2ccc(C)c(C)n2)c(C(=O)OCC)c1C. The first-order valence-corrected chi connectivity index (χ1v) is 8.69. The van der Waals surface area contributed by atoms with Crippen molar-refractivity contribution in [2.75, 3.05) is 13.2 Å². The maximum absolute atomic E-state index is 12.6. The fraction of sp³-hybridized carbons (Fsp3) is 0.421. The number of carbonyl (C=O) groups excluding carboxylic acids is 3. The number of rotatable bonds is 7. The Kier molecular flexibility index (Phi) is 6.44. The Balaban J connectivity index is 2.42. The maximum atomic E-state index is 12.6. The number of carbonyl (C=O) groups is 3. The van der Waals surface area contributed by atoms with Crippen LogP contribution >= 0.6 is 0 Å². The molecule has 0 amide bonds. The lowest BCUT2D eigenvalue weighted by Crippen LogP contribution is -2.20. The Hall–Kier alpha value is -3.03. The van der Waals surface area contributed by atoms with E-state index in [-0.39, 0.29) is 42.6 Å². The first-order chi connectivity index (χ1) is 12.8. The van der Waals surface area contributed by atoms with Gasteiger partial charge in [-0.05, 0) is 46.2 Å². The highest BCUT2D eigenvalue weighted by Gasteiger charge is 2.27. The van der Waals surface area contributed by atoms with Crippen LogP contribution < -0.4 is 0 Å². The van der Waals surface area contributed by atoms with Gasteiger partial charge >= 0.3 is 11.9 Å². The monoisotopic (exact) mass is 373 g/mol. The summed E-state index contributed by atoms with van der Waals surface area (Å²) in [5.41, 5.74) is 2.33. The molecule has 8 heteroatoms. The Bertz CT molecular complexity index is 886. The minimum absolute atomic E-state index is 0.0132. The van der Waals surface area contributed by atoms with Crippen LogP contribution in [-0.2, 0) is 16.0 Å². The molecule has 0 atom stereocenters. The van der Waals surface area contributed by atoms with E-state index in [1.165, 1.54) is 4.68 Å². The molecule has 2 heterocycles. The van der Waals surface area contributed by atoms with E-state index in [1.54, 1.807) is 32.9 Å². The number of pyridine rings is 1. The van der Waals surface area contributed by atoms with Crippen LogP contribution in [0.1, 0.15) is 62.1 Å². The minimum atomic E-state index is -0.656. The second-order valence-electron chi connectivity index (χ2n) is 5.94. The number of hydrogen-bond donors (Lipinski definition) is 0. The zero-order chi connectivity index (χ0) is 20.1. The molecule has 0 aliphatic heterocycles. The van der Waals surface area contributed by atoms with Gasteiger partial charge in [0.15, 0.2) is 11.4 Å². The van der Waals surface area contributed by atoms with E-state index in [1.807, 2.05) is 13.8 Å². The predicted molar refractivity (Wildman–Crippen MR) is 96.9 cm³/mol. The van der Waals surface area contributed by atoms with Crippen LogP contribution in [0.15, 0.2) is 12.1 Å². The van der Waals surface area contributed by atoms with Crippen molar-refractivity contribution < 1.29 is 23.9 Å². The summed E-state index contributed by atoms with van der Waals surface area (Å²) < 4.78 is 11.2. The van der Waals surface area contributed by atoms with Crippen molar-refractivity contribution in [2.24, 2.45) is 0 Å². The molecule has 0 radical (unpaired) electrons. The number of Topliss-reactive ketones (excluding diaryl/α,β-unsaturated/α-hetero) is 1. The lowest BCUT2D eigenvalue weighted by Gasteiger charge is -2.08. The summed E-state index contributed by atoms with van der Waals surface area (Å²) >= 11 is 0. The Morgan fingerprint density at radius 1 is 1.00 bits per heavy atom. The van der Waals surface area contributed by atoms with Crippen molar-refractivity contribution in [1.82, 2.24) is 14.8 Å². The fourth-order valence-electron chi connectivity index (χ4n) is 2.52. The highest BCUT2D eigenvalue weighted by molar-refractivity contribution is 5.98. The summed E-state index contributed by atoms with van der Waals surface area (Å²) in [6.07, 6.45) is 0. The molecule has 0 fully saturated rings. The number of ether oxygens (including phenoxy) is 2. The van der Waals surface area contributed by atoms with Gasteiger partial charge in [0, 0.05) is 11.3 Å². The van der Waals surface area contributed by atoms with E-state index < -0.39 is 11.9 Å². The van der Waals surface area contributed by atoms with E-state index in [4.69, 9.17) is 9.47 Å². The molecule has 27 heavy (non-hydrogen) atoms. The molecule has 0 spiro atoms. The molecule has 0 aliphatic carbocycles. The summed E-state index contributed by atoms with van der Waals surface area (Å²) in [6.45, 7) is 8.71. The summed E-state index contributed by atoms with van der Waals surface area (Å²) in [5.74, 6) is -1.64. The van der Waals surface area contributed by atoms with Gasteiger partial charge in [-0.15, -0.1) is 0 Å². The lowest BCUT2D eigenvalue weighted by molar-refractivity contribution is 0.0505. The number of hydrogen-bond acceptors (Lipinski definition) is 7. The number of ketones is 1. The second kappa shape index (κ2) is 8.57. The van der Waals surface area contributed by atoms with Crippen molar-refractivity contribution in [2.45, 2.75) is 41.2 Å². The van der Waals surface area contributed by atoms with E-state index >= 15 is 0 Å². The van der Waals surface area contributed by atoms with E-state index in [0.717, 1.165) is 11.3 Å². The standard InChI is InChI=1S/C19H23N3O5/c1-6-26-18(24)16-12(4)17(19(25)27-7-2)22(21-16)10-15(23)14-9-8-11(3)13(5)20-14/h8-9H,6-7,10H2,1-5H3. The van der Waals surface area contributed by atoms with Gasteiger partial charge in [-0.1, -0.05) is 6.07 Å². The molecule has 2 aromatic rings. The van der Waals surface area contributed by atoms with E-state index in [0.29, 0.717) is 5.56 Å². The average molecular weight is 373 g/mol. The van der Waals surface area contributed by atoms with Crippen molar-refractivity contribution in [3.8, 4) is 0 Å². The normalized spacial score (nSPS) is 10.6. The van der Waals surface area contributed by atoms with Crippen molar-refractivity contribution in [3.05, 3.63) is 46.0 Å². The zero-order valence-electron chi connectivity index (χ0n) is 16.2. The van der Waals surface area contributed by atoms with Crippen LogP contribution in [0.3, 0.4) is 0 Å². The van der Waals surface area contributed by atoms with Crippen LogP contribution in [0.2, 0.25) is 0 Å². The van der Waals surface area contributed by atoms with Crippen molar-refractivity contribution in [3.63, 3.8) is 0 Å². The second-order valence-corrected chi connectivity index (χ2v) is 5.94. The molecule has 0 unspecified atom stereocenters. The first-order valence-electron chi connectivity index (χ1n) is 8.69. The number of esters is 2. The fourth-order valence-corrected chi connectivity index (χ4v) is 2.52. The molecule has 2 rings (SSSR count). The predicted octanol–water partition coefficient (Wildman–Crippen LogP) is 2.44. The van der Waals surface area contributed by atoms with Gasteiger partial charge in [-0.3, -0.25) is 4.79 Å². The highest BCUT2D eigenvalue weighted by atomic mass is 16.5. The smallest absolute Gasteiger partial charge is 0.359 e. The summed E-state index contributed by atoms with van der Waals surface area (Å²) in [7, 11) is 0. The molecule has 2 aromatic heterocycles. The van der Waals surface area contributed by atoms with Crippen LogP contribution in [-0.4, -0.2) is 45.7 Å². The van der Waals surface area contributed by atoms with Crippen LogP contribution in [0.25, 0.3) is 0 Å². The van der Waals surface area contributed by atoms with Gasteiger partial charge in [-0.2, -0.15) is 5.10 Å². The molecule has 8 nitrogen and oxygen atoms in total. The van der Waals surface area contributed by atoms with E-state index in [2.05, 4.69) is 10.1 Å². The molecular weight excluding hydrogens is 350 g/mol. The molecule has 144 valence electrons. The maximum Gasteiger partial charge on any atom is 0.359 e. The summed E-state index contributed by atoms with van der Waals surface area (Å²) in [6, 6.07) is 3.43. The molecule has 0 bridgehead atoms. The molecule has 0 N–H and O–H groups in total. The highest BCUT2D eigenvalue weighted by Crippen LogP contribution is 2.17. The van der Waals surface area contributed by atoms with Crippen LogP contribution in [0.4, 0.5) is 0 Å². The van der Waals surface area contributed by atoms with Crippen molar-refractivity contribution >= 4 is 17.7 Å². The third-order valence-electron chi connectivity index (χ3n) is 4.06. The molecule has 0 saturated carbocycles. The molecule has 0 aliphatic rings.